The Morgan fingerprint density at radius 2 is 2.06 bits per heavy atom. The largest absolute Gasteiger partial charge is 0.396 e. The fourth-order valence-electron chi connectivity index (χ4n) is 1.54. The van der Waals surface area contributed by atoms with Gasteiger partial charge in [-0.1, -0.05) is 48.8 Å². The number of unbranched alkanes of at least 4 members (excludes halogenated alkanes) is 1. The predicted octanol–water partition coefficient (Wildman–Crippen LogP) is 2.98. The van der Waals surface area contributed by atoms with Crippen molar-refractivity contribution in [3.05, 3.63) is 35.9 Å². The lowest BCUT2D eigenvalue weighted by Gasteiger charge is -2.12. The normalized spacial score (nSPS) is 12.8. The third-order valence-electron chi connectivity index (χ3n) is 2.54. The maximum absolute atomic E-state index is 8.92. The Labute approximate surface area is 103 Å². The van der Waals surface area contributed by atoms with Gasteiger partial charge in [0, 0.05) is 13.0 Å². The van der Waals surface area contributed by atoms with E-state index in [9.17, 15) is 0 Å². The Balaban J connectivity index is 2.37. The summed E-state index contributed by atoms with van der Waals surface area (Å²) < 4.78 is 0. The third kappa shape index (κ3) is 6.07. The van der Waals surface area contributed by atoms with Gasteiger partial charge < -0.3 is 9.94 Å². The molecule has 3 heteroatoms. The number of benzene rings is 1. The highest BCUT2D eigenvalue weighted by molar-refractivity contribution is 5.78. The van der Waals surface area contributed by atoms with Crippen molar-refractivity contribution in [2.24, 2.45) is 5.16 Å². The molecule has 17 heavy (non-hydrogen) atoms. The maximum atomic E-state index is 8.92. The van der Waals surface area contributed by atoms with Gasteiger partial charge in [-0.3, -0.25) is 0 Å². The molecule has 0 fully saturated rings. The van der Waals surface area contributed by atoms with E-state index in [0.29, 0.717) is 6.42 Å². The summed E-state index contributed by atoms with van der Waals surface area (Å²) in [5, 5.41) is 12.9. The molecule has 0 aliphatic rings. The first kappa shape index (κ1) is 13.7. The summed E-state index contributed by atoms with van der Waals surface area (Å²) >= 11 is 0. The maximum Gasteiger partial charge on any atom is 0.129 e. The van der Waals surface area contributed by atoms with Gasteiger partial charge in [0.25, 0.3) is 0 Å². The summed E-state index contributed by atoms with van der Waals surface area (Å²) in [7, 11) is 0. The molecule has 0 unspecified atom stereocenters. The minimum atomic E-state index is 0.0277. The van der Waals surface area contributed by atoms with Crippen molar-refractivity contribution in [1.82, 2.24) is 0 Å². The monoisotopic (exact) mass is 235 g/mol. The van der Waals surface area contributed by atoms with Gasteiger partial charge in [-0.2, -0.15) is 0 Å². The molecule has 0 radical (unpaired) electrons. The van der Waals surface area contributed by atoms with Crippen LogP contribution < -0.4 is 0 Å². The van der Waals surface area contributed by atoms with E-state index in [1.165, 1.54) is 0 Å². The highest BCUT2D eigenvalue weighted by Gasteiger charge is 2.07. The van der Waals surface area contributed by atoms with Crippen LogP contribution >= 0.6 is 0 Å². The van der Waals surface area contributed by atoms with Crippen molar-refractivity contribution in [3.8, 4) is 0 Å². The molecular formula is C14H21NO2. The van der Waals surface area contributed by atoms with Gasteiger partial charge in [0.1, 0.15) is 6.10 Å². The van der Waals surface area contributed by atoms with Crippen LogP contribution in [-0.4, -0.2) is 24.0 Å². The molecule has 1 atom stereocenters. The molecule has 1 aromatic rings. The van der Waals surface area contributed by atoms with E-state index < -0.39 is 0 Å². The Hall–Kier alpha value is -1.35. The van der Waals surface area contributed by atoms with Crippen molar-refractivity contribution < 1.29 is 9.94 Å². The number of aliphatic hydroxyl groups is 1. The summed E-state index contributed by atoms with van der Waals surface area (Å²) in [5.41, 5.74) is 1.02. The third-order valence-corrected chi connectivity index (χ3v) is 2.54. The number of hydrogen-bond donors (Lipinski definition) is 1. The van der Waals surface area contributed by atoms with E-state index in [1.54, 1.807) is 6.21 Å². The Morgan fingerprint density at radius 3 is 2.71 bits per heavy atom. The van der Waals surface area contributed by atoms with E-state index >= 15 is 0 Å². The number of aliphatic hydroxyl groups excluding tert-OH is 1. The lowest BCUT2D eigenvalue weighted by Crippen LogP contribution is -2.12. The van der Waals surface area contributed by atoms with Crippen LogP contribution in [0.4, 0.5) is 0 Å². The lowest BCUT2D eigenvalue weighted by molar-refractivity contribution is 0.0343. The summed E-state index contributed by atoms with van der Waals surface area (Å²) in [6, 6.07) is 9.83. The van der Waals surface area contributed by atoms with Crippen molar-refractivity contribution in [1.29, 1.82) is 0 Å². The van der Waals surface area contributed by atoms with Crippen molar-refractivity contribution >= 4 is 6.21 Å². The van der Waals surface area contributed by atoms with Crippen molar-refractivity contribution in [2.45, 2.75) is 38.7 Å². The first-order chi connectivity index (χ1) is 8.36. The molecule has 0 saturated heterocycles. The molecule has 0 saturated carbocycles. The van der Waals surface area contributed by atoms with Crippen molar-refractivity contribution in [2.75, 3.05) is 6.61 Å². The molecule has 94 valence electrons. The molecule has 0 amide bonds. The standard InChI is InChI=1S/C14H21NO2/c1-2-3-9-14(10-11-16)17-15-12-13-7-5-4-6-8-13/h4-8,12,14,16H,2-3,9-11H2,1H3/b15-12+/t14-/m1/s1. The zero-order chi connectivity index (χ0) is 12.3. The second-order valence-electron chi connectivity index (χ2n) is 4.03. The highest BCUT2D eigenvalue weighted by atomic mass is 16.6. The van der Waals surface area contributed by atoms with Gasteiger partial charge in [0.2, 0.25) is 0 Å². The molecule has 3 nitrogen and oxygen atoms in total. The molecule has 0 aliphatic carbocycles. The molecule has 0 bridgehead atoms. The number of oxime groups is 1. The van der Waals surface area contributed by atoms with Crippen LogP contribution in [0.25, 0.3) is 0 Å². The zero-order valence-electron chi connectivity index (χ0n) is 10.4. The number of rotatable bonds is 8. The van der Waals surface area contributed by atoms with Crippen LogP contribution in [0.2, 0.25) is 0 Å². The smallest absolute Gasteiger partial charge is 0.129 e. The Kier molecular flexibility index (Phi) is 7.07. The second kappa shape index (κ2) is 8.76. The van der Waals surface area contributed by atoms with E-state index in [2.05, 4.69) is 12.1 Å². The van der Waals surface area contributed by atoms with Gasteiger partial charge in [-0.05, 0) is 18.4 Å². The van der Waals surface area contributed by atoms with E-state index in [4.69, 9.17) is 9.94 Å². The van der Waals surface area contributed by atoms with Gasteiger partial charge in [0.05, 0.1) is 6.21 Å². The minimum absolute atomic E-state index is 0.0277. The van der Waals surface area contributed by atoms with Crippen LogP contribution in [0.15, 0.2) is 35.5 Å². The summed E-state index contributed by atoms with van der Waals surface area (Å²) in [4.78, 5) is 5.40. The SMILES string of the molecule is CCCC[C@H](CCO)O/N=C/c1ccccc1. The fraction of sp³-hybridized carbons (Fsp3) is 0.500. The zero-order valence-corrected chi connectivity index (χ0v) is 10.4. The highest BCUT2D eigenvalue weighted by Crippen LogP contribution is 2.09. The first-order valence-electron chi connectivity index (χ1n) is 6.22. The average molecular weight is 235 g/mol. The Morgan fingerprint density at radius 1 is 1.29 bits per heavy atom. The lowest BCUT2D eigenvalue weighted by atomic mass is 10.1. The summed E-state index contributed by atoms with van der Waals surface area (Å²) in [5.74, 6) is 0. The van der Waals surface area contributed by atoms with Crippen LogP contribution in [0.3, 0.4) is 0 Å². The molecule has 1 N–H and O–H groups in total. The van der Waals surface area contributed by atoms with Crippen LogP contribution in [-0.2, 0) is 4.84 Å². The molecule has 0 heterocycles. The topological polar surface area (TPSA) is 41.8 Å². The molecule has 0 aliphatic heterocycles. The van der Waals surface area contributed by atoms with Crippen molar-refractivity contribution in [3.63, 3.8) is 0 Å². The fourth-order valence-corrected chi connectivity index (χ4v) is 1.54. The van der Waals surface area contributed by atoms with Gasteiger partial charge in [-0.15, -0.1) is 0 Å². The minimum Gasteiger partial charge on any atom is -0.396 e. The predicted molar refractivity (Wildman–Crippen MR) is 70.1 cm³/mol. The summed E-state index contributed by atoms with van der Waals surface area (Å²) in [6.45, 7) is 2.29. The van der Waals surface area contributed by atoms with Gasteiger partial charge in [-0.25, -0.2) is 0 Å². The van der Waals surface area contributed by atoms with Crippen LogP contribution in [0.1, 0.15) is 38.2 Å². The molecule has 0 spiro atoms. The number of nitrogens with zero attached hydrogens (tertiary/aromatic N) is 1. The number of hydrogen-bond acceptors (Lipinski definition) is 3. The van der Waals surface area contributed by atoms with Gasteiger partial charge >= 0.3 is 0 Å². The molecule has 1 rings (SSSR count). The van der Waals surface area contributed by atoms with Crippen LogP contribution in [0, 0.1) is 0 Å². The summed E-state index contributed by atoms with van der Waals surface area (Å²) in [6.07, 6.45) is 5.56. The Bertz CT molecular complexity index is 311. The van der Waals surface area contributed by atoms with Gasteiger partial charge in [0.15, 0.2) is 0 Å². The quantitative estimate of drug-likeness (QED) is 0.556. The molecule has 1 aromatic carbocycles. The second-order valence-corrected chi connectivity index (χ2v) is 4.03. The average Bonchev–Trinajstić information content (AvgIpc) is 2.37. The first-order valence-corrected chi connectivity index (χ1v) is 6.22. The van der Waals surface area contributed by atoms with E-state index in [1.807, 2.05) is 30.3 Å². The van der Waals surface area contributed by atoms with Crippen LogP contribution in [0.5, 0.6) is 0 Å². The molecule has 0 aromatic heterocycles. The molecular weight excluding hydrogens is 214 g/mol. The van der Waals surface area contributed by atoms with E-state index in [-0.39, 0.29) is 12.7 Å². The van der Waals surface area contributed by atoms with E-state index in [0.717, 1.165) is 24.8 Å².